The molecule has 1 aliphatic rings. The predicted molar refractivity (Wildman–Crippen MR) is 79.7 cm³/mol. The minimum Gasteiger partial charge on any atom is -0.481 e. The molecule has 1 fully saturated rings. The van der Waals surface area contributed by atoms with E-state index in [1.165, 1.54) is 12.0 Å². The molecule has 1 aromatic heterocycles. The van der Waals surface area contributed by atoms with Crippen LogP contribution in [0.5, 0.6) is 0 Å². The zero-order valence-electron chi connectivity index (χ0n) is 13.3. The average Bonchev–Trinajstić information content (AvgIpc) is 2.54. The van der Waals surface area contributed by atoms with E-state index in [0.29, 0.717) is 38.8 Å². The maximum absolute atomic E-state index is 12.8. The zero-order chi connectivity index (χ0) is 17.8. The summed E-state index contributed by atoms with van der Waals surface area (Å²) in [5.41, 5.74) is -2.05. The van der Waals surface area contributed by atoms with Crippen molar-refractivity contribution < 1.29 is 27.8 Å². The predicted octanol–water partition coefficient (Wildman–Crippen LogP) is 2.59. The van der Waals surface area contributed by atoms with Crippen molar-refractivity contribution in [3.05, 3.63) is 18.0 Å². The largest absolute Gasteiger partial charge is 0.481 e. The third-order valence-corrected chi connectivity index (χ3v) is 4.25. The van der Waals surface area contributed by atoms with Gasteiger partial charge in [0, 0.05) is 33.0 Å². The van der Waals surface area contributed by atoms with Crippen LogP contribution >= 0.6 is 0 Å². The molecule has 24 heavy (non-hydrogen) atoms. The number of aromatic nitrogens is 2. The molecule has 0 amide bonds. The summed E-state index contributed by atoms with van der Waals surface area (Å²) in [7, 11) is 1.54. The van der Waals surface area contributed by atoms with Gasteiger partial charge >= 0.3 is 12.1 Å². The van der Waals surface area contributed by atoms with E-state index in [9.17, 15) is 23.1 Å². The van der Waals surface area contributed by atoms with Crippen molar-refractivity contribution in [2.24, 2.45) is 5.41 Å². The second kappa shape index (κ2) is 7.33. The fourth-order valence-corrected chi connectivity index (χ4v) is 3.00. The molecule has 1 aliphatic heterocycles. The summed E-state index contributed by atoms with van der Waals surface area (Å²) in [4.78, 5) is 20.8. The third kappa shape index (κ3) is 4.14. The maximum Gasteiger partial charge on any atom is 0.433 e. The van der Waals surface area contributed by atoms with E-state index in [1.54, 1.807) is 0 Å². The summed E-state index contributed by atoms with van der Waals surface area (Å²) in [6.07, 6.45) is -1.52. The number of carboxylic acid groups (broad SMARTS) is 1. The van der Waals surface area contributed by atoms with Gasteiger partial charge in [-0.2, -0.15) is 13.2 Å². The molecule has 6 nitrogen and oxygen atoms in total. The van der Waals surface area contributed by atoms with E-state index < -0.39 is 23.3 Å². The maximum atomic E-state index is 12.8. The van der Waals surface area contributed by atoms with Crippen LogP contribution in [0.2, 0.25) is 0 Å². The van der Waals surface area contributed by atoms with Crippen molar-refractivity contribution in [1.29, 1.82) is 0 Å². The quantitative estimate of drug-likeness (QED) is 0.797. The van der Waals surface area contributed by atoms with Gasteiger partial charge in [0.25, 0.3) is 0 Å². The van der Waals surface area contributed by atoms with Crippen LogP contribution < -0.4 is 4.90 Å². The first-order valence-electron chi connectivity index (χ1n) is 7.66. The topological polar surface area (TPSA) is 75.6 Å². The van der Waals surface area contributed by atoms with Crippen LogP contribution in [0.4, 0.5) is 19.1 Å². The molecule has 0 spiro atoms. The SMILES string of the molecule is COCCC[C@@]1(C(=O)O)CCCN(c2nccc(C(F)(F)F)n2)C1. The van der Waals surface area contributed by atoms with Crippen LogP contribution in [0.25, 0.3) is 0 Å². The lowest BCUT2D eigenvalue weighted by Gasteiger charge is -2.40. The van der Waals surface area contributed by atoms with Crippen molar-refractivity contribution in [1.82, 2.24) is 9.97 Å². The van der Waals surface area contributed by atoms with Crippen LogP contribution in [-0.2, 0) is 15.7 Å². The van der Waals surface area contributed by atoms with Crippen LogP contribution in [0.1, 0.15) is 31.4 Å². The Morgan fingerprint density at radius 2 is 2.25 bits per heavy atom. The lowest BCUT2D eigenvalue weighted by molar-refractivity contribution is -0.150. The Morgan fingerprint density at radius 1 is 1.50 bits per heavy atom. The lowest BCUT2D eigenvalue weighted by atomic mass is 9.76. The van der Waals surface area contributed by atoms with Crippen molar-refractivity contribution in [2.45, 2.75) is 31.9 Å². The van der Waals surface area contributed by atoms with E-state index in [0.717, 1.165) is 12.3 Å². The first kappa shape index (κ1) is 18.4. The summed E-state index contributed by atoms with van der Waals surface area (Å²) in [6.45, 7) is 0.961. The number of alkyl halides is 3. The summed E-state index contributed by atoms with van der Waals surface area (Å²) >= 11 is 0. The number of halogens is 3. The third-order valence-electron chi connectivity index (χ3n) is 4.25. The number of nitrogens with zero attached hydrogens (tertiary/aromatic N) is 3. The fraction of sp³-hybridized carbons (Fsp3) is 0.667. The summed E-state index contributed by atoms with van der Waals surface area (Å²) < 4.78 is 43.4. The van der Waals surface area contributed by atoms with Crippen LogP contribution in [0, 0.1) is 5.41 Å². The number of piperidine rings is 1. The van der Waals surface area contributed by atoms with E-state index in [4.69, 9.17) is 4.74 Å². The zero-order valence-corrected chi connectivity index (χ0v) is 13.3. The second-order valence-electron chi connectivity index (χ2n) is 5.95. The number of rotatable bonds is 6. The molecular formula is C15H20F3N3O3. The Hall–Kier alpha value is -1.90. The molecule has 0 unspecified atom stereocenters. The molecule has 0 saturated carbocycles. The highest BCUT2D eigenvalue weighted by atomic mass is 19.4. The van der Waals surface area contributed by atoms with Crippen molar-refractivity contribution >= 4 is 11.9 Å². The van der Waals surface area contributed by atoms with Crippen molar-refractivity contribution in [3.8, 4) is 0 Å². The van der Waals surface area contributed by atoms with Gasteiger partial charge < -0.3 is 14.7 Å². The highest BCUT2D eigenvalue weighted by Gasteiger charge is 2.43. The summed E-state index contributed by atoms with van der Waals surface area (Å²) in [5, 5.41) is 9.65. The van der Waals surface area contributed by atoms with E-state index in [1.807, 2.05) is 0 Å². The smallest absolute Gasteiger partial charge is 0.433 e. The number of aliphatic carboxylic acids is 1. The highest BCUT2D eigenvalue weighted by Crippen LogP contribution is 2.37. The van der Waals surface area contributed by atoms with Crippen molar-refractivity contribution in [3.63, 3.8) is 0 Å². The van der Waals surface area contributed by atoms with E-state index >= 15 is 0 Å². The van der Waals surface area contributed by atoms with Crippen molar-refractivity contribution in [2.75, 3.05) is 31.7 Å². The average molecular weight is 347 g/mol. The highest BCUT2D eigenvalue weighted by molar-refractivity contribution is 5.75. The molecule has 0 aromatic carbocycles. The Labute approximate surface area is 137 Å². The molecule has 0 radical (unpaired) electrons. The number of ether oxygens (including phenoxy) is 1. The van der Waals surface area contributed by atoms with Crippen LogP contribution in [0.15, 0.2) is 12.3 Å². The van der Waals surface area contributed by atoms with E-state index in [-0.39, 0.29) is 12.5 Å². The van der Waals surface area contributed by atoms with Gasteiger partial charge in [-0.1, -0.05) is 0 Å². The molecule has 1 aromatic rings. The lowest BCUT2D eigenvalue weighted by Crippen LogP contribution is -2.48. The minimum atomic E-state index is -4.56. The molecule has 1 saturated heterocycles. The molecule has 134 valence electrons. The van der Waals surface area contributed by atoms with Gasteiger partial charge in [0.1, 0.15) is 5.69 Å². The molecular weight excluding hydrogens is 327 g/mol. The van der Waals surface area contributed by atoms with E-state index in [2.05, 4.69) is 9.97 Å². The summed E-state index contributed by atoms with van der Waals surface area (Å²) in [6, 6.07) is 0.802. The molecule has 2 heterocycles. The first-order chi connectivity index (χ1) is 11.3. The molecule has 0 aliphatic carbocycles. The molecule has 9 heteroatoms. The van der Waals surface area contributed by atoms with Gasteiger partial charge in [-0.3, -0.25) is 4.79 Å². The number of anilines is 1. The van der Waals surface area contributed by atoms with Gasteiger partial charge in [-0.15, -0.1) is 0 Å². The van der Waals surface area contributed by atoms with Crippen LogP contribution in [0.3, 0.4) is 0 Å². The van der Waals surface area contributed by atoms with Gasteiger partial charge in [-0.05, 0) is 31.7 Å². The first-order valence-corrected chi connectivity index (χ1v) is 7.66. The number of carbonyl (C=O) groups is 1. The fourth-order valence-electron chi connectivity index (χ4n) is 3.00. The number of carboxylic acids is 1. The number of methoxy groups -OCH3 is 1. The van der Waals surface area contributed by atoms with Crippen LogP contribution in [-0.4, -0.2) is 47.8 Å². The second-order valence-corrected chi connectivity index (χ2v) is 5.95. The molecule has 1 N–H and O–H groups in total. The van der Waals surface area contributed by atoms with Gasteiger partial charge in [-0.25, -0.2) is 9.97 Å². The minimum absolute atomic E-state index is 0.0816. The Kier molecular flexibility index (Phi) is 5.63. The Bertz CT molecular complexity index is 583. The van der Waals surface area contributed by atoms with Gasteiger partial charge in [0.05, 0.1) is 5.41 Å². The van der Waals surface area contributed by atoms with Gasteiger partial charge in [0.2, 0.25) is 5.95 Å². The molecule has 2 rings (SSSR count). The Balaban J connectivity index is 2.21. The monoisotopic (exact) mass is 347 g/mol. The Morgan fingerprint density at radius 3 is 2.88 bits per heavy atom. The molecule has 0 bridgehead atoms. The number of hydrogen-bond donors (Lipinski definition) is 1. The standard InChI is InChI=1S/C15H20F3N3O3/c1-24-9-3-6-14(12(22)23)5-2-8-21(10-14)13-19-7-4-11(20-13)15(16,17)18/h4,7H,2-3,5-6,8-10H2,1H3,(H,22,23)/t14-/m0/s1. The van der Waals surface area contributed by atoms with Gasteiger partial charge in [0.15, 0.2) is 0 Å². The number of hydrogen-bond acceptors (Lipinski definition) is 5. The normalized spacial score (nSPS) is 21.8. The molecule has 1 atom stereocenters. The summed E-state index contributed by atoms with van der Waals surface area (Å²) in [5.74, 6) is -1.03.